The quantitative estimate of drug-likeness (QED) is 0.750. The van der Waals surface area contributed by atoms with E-state index in [1.807, 2.05) is 30.3 Å². The molecule has 14 heavy (non-hydrogen) atoms. The summed E-state index contributed by atoms with van der Waals surface area (Å²) in [4.78, 5) is 0. The first-order valence-electron chi connectivity index (χ1n) is 4.56. The fourth-order valence-corrected chi connectivity index (χ4v) is 1.09. The monoisotopic (exact) mass is 359 g/mol. The molecule has 0 aliphatic carbocycles. The molecule has 1 aromatic rings. The smallest absolute Gasteiger partial charge is 0.108 e. The predicted molar refractivity (Wildman–Crippen MR) is 56.6 cm³/mol. The van der Waals surface area contributed by atoms with Gasteiger partial charge in [0.25, 0.3) is 0 Å². The number of hydrogen-bond acceptors (Lipinski definition) is 1. The topological polar surface area (TPSA) is 9.23 Å². The summed E-state index contributed by atoms with van der Waals surface area (Å²) in [7, 11) is 0. The SMILES string of the molecule is [CH2-]/C=C/c1ccccc1OCCC.[W]. The van der Waals surface area contributed by atoms with Crippen LogP contribution in [0.3, 0.4) is 0 Å². The average Bonchev–Trinajstić information content (AvgIpc) is 2.17. The van der Waals surface area contributed by atoms with Crippen LogP contribution in [0.15, 0.2) is 30.3 Å². The van der Waals surface area contributed by atoms with Crippen molar-refractivity contribution >= 4 is 6.08 Å². The Morgan fingerprint density at radius 1 is 1.36 bits per heavy atom. The van der Waals surface area contributed by atoms with E-state index in [0.717, 1.165) is 24.3 Å². The Morgan fingerprint density at radius 2 is 2.07 bits per heavy atom. The first kappa shape index (κ1) is 13.3. The molecule has 1 rings (SSSR count). The molecule has 0 atom stereocenters. The van der Waals surface area contributed by atoms with E-state index in [1.54, 1.807) is 6.08 Å². The van der Waals surface area contributed by atoms with Crippen LogP contribution in [0.2, 0.25) is 0 Å². The molecule has 0 heterocycles. The van der Waals surface area contributed by atoms with Crippen molar-refractivity contribution in [2.75, 3.05) is 6.61 Å². The second kappa shape index (κ2) is 7.70. The molecule has 2 heteroatoms. The number of benzene rings is 1. The van der Waals surface area contributed by atoms with E-state index >= 15 is 0 Å². The van der Waals surface area contributed by atoms with Gasteiger partial charge in [0.15, 0.2) is 0 Å². The third-order valence-electron chi connectivity index (χ3n) is 1.68. The van der Waals surface area contributed by atoms with Crippen molar-refractivity contribution in [2.24, 2.45) is 0 Å². The van der Waals surface area contributed by atoms with Crippen LogP contribution < -0.4 is 4.74 Å². The number of allylic oxidation sites excluding steroid dienone is 1. The van der Waals surface area contributed by atoms with Crippen molar-refractivity contribution in [2.45, 2.75) is 13.3 Å². The second-order valence-corrected chi connectivity index (χ2v) is 2.79. The van der Waals surface area contributed by atoms with Crippen molar-refractivity contribution in [3.63, 3.8) is 0 Å². The minimum absolute atomic E-state index is 0. The predicted octanol–water partition coefficient (Wildman–Crippen LogP) is 3.32. The van der Waals surface area contributed by atoms with Gasteiger partial charge in [0.1, 0.15) is 5.75 Å². The van der Waals surface area contributed by atoms with E-state index < -0.39 is 0 Å². The molecular formula is C12H15OW-. The fourth-order valence-electron chi connectivity index (χ4n) is 1.09. The fraction of sp³-hybridized carbons (Fsp3) is 0.250. The van der Waals surface area contributed by atoms with Crippen LogP contribution >= 0.6 is 0 Å². The van der Waals surface area contributed by atoms with E-state index in [9.17, 15) is 0 Å². The summed E-state index contributed by atoms with van der Waals surface area (Å²) in [5, 5.41) is 0. The molecule has 0 saturated heterocycles. The summed E-state index contributed by atoms with van der Waals surface area (Å²) in [6, 6.07) is 7.97. The summed E-state index contributed by atoms with van der Waals surface area (Å²) in [5.74, 6) is 0.934. The zero-order valence-corrected chi connectivity index (χ0v) is 11.3. The van der Waals surface area contributed by atoms with Gasteiger partial charge in [-0.1, -0.05) is 30.7 Å². The maximum atomic E-state index is 5.56. The van der Waals surface area contributed by atoms with E-state index in [2.05, 4.69) is 13.8 Å². The molecule has 0 unspecified atom stereocenters. The second-order valence-electron chi connectivity index (χ2n) is 2.79. The Kier molecular flexibility index (Phi) is 7.32. The Labute approximate surface area is 100 Å². The Bertz CT molecular complexity index is 281. The molecule has 0 bridgehead atoms. The standard InChI is InChI=1S/C12H15O.W/c1-3-7-11-8-5-6-9-12(11)13-10-4-2;/h3,5-9H,1,4,10H2,2H3;/q-1;/b7-3+;. The molecule has 76 valence electrons. The van der Waals surface area contributed by atoms with Gasteiger partial charge in [0.05, 0.1) is 6.61 Å². The molecule has 0 N–H and O–H groups in total. The van der Waals surface area contributed by atoms with Crippen LogP contribution in [0.5, 0.6) is 5.75 Å². The van der Waals surface area contributed by atoms with E-state index in [4.69, 9.17) is 4.74 Å². The Morgan fingerprint density at radius 3 is 2.71 bits per heavy atom. The summed E-state index contributed by atoms with van der Waals surface area (Å²) >= 11 is 0. The molecule has 0 aliphatic rings. The van der Waals surface area contributed by atoms with Gasteiger partial charge < -0.3 is 4.74 Å². The van der Waals surface area contributed by atoms with E-state index in [1.165, 1.54) is 0 Å². The van der Waals surface area contributed by atoms with Crippen LogP contribution in [-0.4, -0.2) is 6.61 Å². The van der Waals surface area contributed by atoms with Crippen LogP contribution in [0.25, 0.3) is 6.08 Å². The van der Waals surface area contributed by atoms with Gasteiger partial charge in [-0.3, -0.25) is 0 Å². The normalized spacial score (nSPS) is 9.79. The Hall–Kier alpha value is -0.682. The number of hydrogen-bond donors (Lipinski definition) is 0. The minimum Gasteiger partial charge on any atom is -0.495 e. The van der Waals surface area contributed by atoms with Crippen LogP contribution in [-0.2, 0) is 21.1 Å². The largest absolute Gasteiger partial charge is 0.495 e. The molecular weight excluding hydrogens is 344 g/mol. The third kappa shape index (κ3) is 4.02. The maximum Gasteiger partial charge on any atom is 0.108 e. The van der Waals surface area contributed by atoms with Gasteiger partial charge in [-0.2, -0.15) is 6.08 Å². The summed E-state index contributed by atoms with van der Waals surface area (Å²) < 4.78 is 5.56. The van der Waals surface area contributed by atoms with Gasteiger partial charge in [0, 0.05) is 21.1 Å². The molecule has 0 spiro atoms. The molecule has 0 aromatic heterocycles. The average molecular weight is 359 g/mol. The zero-order chi connectivity index (χ0) is 9.52. The van der Waals surface area contributed by atoms with Crippen LogP contribution in [0, 0.1) is 6.92 Å². The molecule has 0 amide bonds. The summed E-state index contributed by atoms with van der Waals surface area (Å²) in [6.45, 7) is 6.53. The van der Waals surface area contributed by atoms with Crippen molar-refractivity contribution in [3.05, 3.63) is 42.8 Å². The van der Waals surface area contributed by atoms with Gasteiger partial charge in [-0.25, -0.2) is 13.0 Å². The van der Waals surface area contributed by atoms with E-state index in [0.29, 0.717) is 0 Å². The molecule has 0 aliphatic heterocycles. The number of ether oxygens (including phenoxy) is 1. The van der Waals surface area contributed by atoms with Crippen molar-refractivity contribution in [1.29, 1.82) is 0 Å². The molecule has 1 nitrogen and oxygen atoms in total. The maximum absolute atomic E-state index is 5.56. The van der Waals surface area contributed by atoms with Crippen molar-refractivity contribution in [3.8, 4) is 5.75 Å². The van der Waals surface area contributed by atoms with Crippen molar-refractivity contribution < 1.29 is 25.8 Å². The van der Waals surface area contributed by atoms with Gasteiger partial charge in [-0.05, 0) is 12.5 Å². The number of para-hydroxylation sites is 1. The van der Waals surface area contributed by atoms with Crippen LogP contribution in [0.1, 0.15) is 18.9 Å². The third-order valence-corrected chi connectivity index (χ3v) is 1.68. The van der Waals surface area contributed by atoms with Gasteiger partial charge in [0.2, 0.25) is 0 Å². The minimum atomic E-state index is 0. The molecule has 0 radical (unpaired) electrons. The first-order chi connectivity index (χ1) is 6.38. The summed E-state index contributed by atoms with van der Waals surface area (Å²) in [5.41, 5.74) is 1.09. The molecule has 0 saturated carbocycles. The van der Waals surface area contributed by atoms with Crippen molar-refractivity contribution in [1.82, 2.24) is 0 Å². The zero-order valence-electron chi connectivity index (χ0n) is 8.40. The summed E-state index contributed by atoms with van der Waals surface area (Å²) in [6.07, 6.45) is 4.75. The Balaban J connectivity index is 0.00000169. The van der Waals surface area contributed by atoms with E-state index in [-0.39, 0.29) is 21.1 Å². The molecule has 0 fully saturated rings. The van der Waals surface area contributed by atoms with Gasteiger partial charge in [-0.15, -0.1) is 0 Å². The van der Waals surface area contributed by atoms with Gasteiger partial charge >= 0.3 is 0 Å². The first-order valence-corrected chi connectivity index (χ1v) is 4.56. The number of rotatable bonds is 4. The van der Waals surface area contributed by atoms with Crippen LogP contribution in [0.4, 0.5) is 0 Å². The molecule has 1 aromatic carbocycles.